The maximum Gasteiger partial charge on any atom is 0.272 e. The molecule has 0 radical (unpaired) electrons. The molecule has 2 N–H and O–H groups in total. The van der Waals surface area contributed by atoms with Crippen LogP contribution in [0.15, 0.2) is 18.2 Å². The van der Waals surface area contributed by atoms with Crippen molar-refractivity contribution in [3.8, 4) is 0 Å². The molecule has 0 spiro atoms. The molecule has 0 saturated heterocycles. The van der Waals surface area contributed by atoms with Crippen molar-refractivity contribution in [3.05, 3.63) is 23.9 Å². The third-order valence-electron chi connectivity index (χ3n) is 1.90. The topological polar surface area (TPSA) is 47.0 Å². The highest BCUT2D eigenvalue weighted by Crippen LogP contribution is 2.04. The van der Waals surface area contributed by atoms with Crippen molar-refractivity contribution in [3.63, 3.8) is 0 Å². The summed E-state index contributed by atoms with van der Waals surface area (Å²) >= 11 is 10.9. The lowest BCUT2D eigenvalue weighted by molar-refractivity contribution is -0.675. The summed E-state index contributed by atoms with van der Waals surface area (Å²) in [5.74, 6) is 0.256. The number of hydrogen-bond acceptors (Lipinski definition) is 2. The standard InChI is InChI=1S/C9H10Cl2N2O.ClH/c1-6-3-2-4-8(12)13(6)5-7(14)9(10)11;/h2-4,9,12H,5H2,1H3;1H. The zero-order valence-electron chi connectivity index (χ0n) is 8.08. The van der Waals surface area contributed by atoms with Gasteiger partial charge < -0.3 is 12.4 Å². The Bertz CT molecular complexity index is 335. The van der Waals surface area contributed by atoms with Gasteiger partial charge in [-0.2, -0.15) is 0 Å². The Hall–Kier alpha value is -0.510. The fraction of sp³-hybridized carbons (Fsp3) is 0.333. The molecule has 0 unspecified atom stereocenters. The number of nitrogens with two attached hydrogens (primary N) is 1. The number of nitrogen functional groups attached to an aromatic ring is 1. The number of halogens is 3. The maximum absolute atomic E-state index is 11.3. The van der Waals surface area contributed by atoms with Crippen molar-refractivity contribution in [2.75, 3.05) is 5.73 Å². The lowest BCUT2D eigenvalue weighted by atomic mass is 10.3. The van der Waals surface area contributed by atoms with E-state index in [1.54, 1.807) is 10.6 Å². The Morgan fingerprint density at radius 2 is 2.13 bits per heavy atom. The summed E-state index contributed by atoms with van der Waals surface area (Å²) in [4.78, 5) is 10.3. The van der Waals surface area contributed by atoms with Crippen molar-refractivity contribution in [2.24, 2.45) is 0 Å². The van der Waals surface area contributed by atoms with E-state index in [2.05, 4.69) is 0 Å². The van der Waals surface area contributed by atoms with Gasteiger partial charge in [0, 0.05) is 6.07 Å². The molecule has 1 aromatic rings. The molecule has 1 aromatic heterocycles. The van der Waals surface area contributed by atoms with Gasteiger partial charge in [-0.3, -0.25) is 10.5 Å². The lowest BCUT2D eigenvalue weighted by Gasteiger charge is -2.05. The number of ketones is 1. The van der Waals surface area contributed by atoms with E-state index in [-0.39, 0.29) is 24.7 Å². The fourth-order valence-corrected chi connectivity index (χ4v) is 1.25. The number of rotatable bonds is 3. The first-order chi connectivity index (χ1) is 6.52. The van der Waals surface area contributed by atoms with Crippen LogP contribution in [0.4, 0.5) is 5.82 Å². The zero-order valence-corrected chi connectivity index (χ0v) is 10.4. The molecule has 1 heterocycles. The number of hydrogen-bond donors (Lipinski definition) is 1. The summed E-state index contributed by atoms with van der Waals surface area (Å²) in [6, 6.07) is 5.41. The smallest absolute Gasteiger partial charge is 0.272 e. The van der Waals surface area contributed by atoms with E-state index in [0.29, 0.717) is 5.82 Å². The van der Waals surface area contributed by atoms with Gasteiger partial charge in [0.15, 0.2) is 11.4 Å². The third kappa shape index (κ3) is 3.86. The van der Waals surface area contributed by atoms with Crippen LogP contribution in [0.5, 0.6) is 0 Å². The second-order valence-corrected chi connectivity index (χ2v) is 4.04. The zero-order chi connectivity index (χ0) is 10.7. The van der Waals surface area contributed by atoms with E-state index in [1.807, 2.05) is 19.1 Å². The number of aromatic nitrogens is 1. The Labute approximate surface area is 105 Å². The summed E-state index contributed by atoms with van der Waals surface area (Å²) in [6.07, 6.45) is 0. The predicted molar refractivity (Wildman–Crippen MR) is 56.3 cm³/mol. The molecule has 0 aliphatic carbocycles. The number of pyridine rings is 1. The molecule has 0 aliphatic rings. The largest absolute Gasteiger partial charge is 1.00 e. The van der Waals surface area contributed by atoms with Gasteiger partial charge in [-0.25, -0.2) is 4.57 Å². The molecule has 15 heavy (non-hydrogen) atoms. The van der Waals surface area contributed by atoms with Gasteiger partial charge in [-0.1, -0.05) is 29.3 Å². The average Bonchev–Trinajstić information content (AvgIpc) is 2.11. The van der Waals surface area contributed by atoms with Crippen LogP contribution in [0.2, 0.25) is 0 Å². The van der Waals surface area contributed by atoms with E-state index < -0.39 is 4.84 Å². The Morgan fingerprint density at radius 1 is 1.53 bits per heavy atom. The normalized spacial score (nSPS) is 9.87. The third-order valence-corrected chi connectivity index (χ3v) is 2.39. The number of Topliss-reactive ketones (excluding diaryl/α,β-unsaturated/α-hetero) is 1. The second-order valence-electron chi connectivity index (χ2n) is 2.95. The SMILES string of the molecule is Cc1cccc(N)[n+]1CC(=O)C(Cl)Cl.[Cl-]. The van der Waals surface area contributed by atoms with Crippen LogP contribution >= 0.6 is 23.2 Å². The summed E-state index contributed by atoms with van der Waals surface area (Å²) in [6.45, 7) is 1.97. The first-order valence-corrected chi connectivity index (χ1v) is 4.95. The van der Waals surface area contributed by atoms with Gasteiger partial charge in [-0.15, -0.1) is 0 Å². The van der Waals surface area contributed by atoms with Crippen LogP contribution < -0.4 is 22.7 Å². The molecule has 0 fully saturated rings. The van der Waals surface area contributed by atoms with Gasteiger partial charge in [-0.05, 0) is 13.0 Å². The maximum atomic E-state index is 11.3. The molecule has 0 bridgehead atoms. The van der Waals surface area contributed by atoms with E-state index in [1.165, 1.54) is 0 Å². The molecule has 0 saturated carbocycles. The Kier molecular flexibility index (Phi) is 5.95. The summed E-state index contributed by atoms with van der Waals surface area (Å²) < 4.78 is 1.67. The Morgan fingerprint density at radius 3 is 2.60 bits per heavy atom. The van der Waals surface area contributed by atoms with E-state index in [4.69, 9.17) is 28.9 Å². The van der Waals surface area contributed by atoms with Gasteiger partial charge in [0.2, 0.25) is 5.78 Å². The molecule has 3 nitrogen and oxygen atoms in total. The molecule has 0 atom stereocenters. The number of alkyl halides is 2. The molecule has 0 aliphatic heterocycles. The van der Waals surface area contributed by atoms with Crippen molar-refractivity contribution in [1.29, 1.82) is 0 Å². The predicted octanol–water partition coefficient (Wildman–Crippen LogP) is -1.76. The van der Waals surface area contributed by atoms with Crippen molar-refractivity contribution in [2.45, 2.75) is 18.3 Å². The molecular formula is C9H11Cl3N2O. The van der Waals surface area contributed by atoms with E-state index in [0.717, 1.165) is 5.69 Å². The van der Waals surface area contributed by atoms with E-state index >= 15 is 0 Å². The summed E-state index contributed by atoms with van der Waals surface area (Å²) in [7, 11) is 0. The lowest BCUT2D eigenvalue weighted by Crippen LogP contribution is -3.00. The van der Waals surface area contributed by atoms with Gasteiger partial charge >= 0.3 is 0 Å². The van der Waals surface area contributed by atoms with Gasteiger partial charge in [0.1, 0.15) is 5.69 Å². The van der Waals surface area contributed by atoms with Crippen LogP contribution in [-0.4, -0.2) is 10.6 Å². The monoisotopic (exact) mass is 268 g/mol. The molecule has 0 amide bonds. The number of carbonyl (C=O) groups is 1. The highest BCUT2D eigenvalue weighted by atomic mass is 35.5. The van der Waals surface area contributed by atoms with Crippen molar-refractivity contribution >= 4 is 34.8 Å². The molecule has 6 heteroatoms. The molecule has 1 rings (SSSR count). The summed E-state index contributed by atoms with van der Waals surface area (Å²) in [5, 5.41) is 0. The first-order valence-electron chi connectivity index (χ1n) is 4.08. The molecule has 0 aromatic carbocycles. The van der Waals surface area contributed by atoms with Crippen LogP contribution in [0.1, 0.15) is 5.69 Å². The molecule has 84 valence electrons. The first kappa shape index (κ1) is 14.5. The number of aryl methyl sites for hydroxylation is 1. The number of anilines is 1. The van der Waals surface area contributed by atoms with Crippen LogP contribution in [-0.2, 0) is 11.3 Å². The highest BCUT2D eigenvalue weighted by Gasteiger charge is 2.17. The van der Waals surface area contributed by atoms with Crippen LogP contribution in [0, 0.1) is 6.92 Å². The van der Waals surface area contributed by atoms with Gasteiger partial charge in [0.25, 0.3) is 5.82 Å². The van der Waals surface area contributed by atoms with E-state index in [9.17, 15) is 4.79 Å². The number of nitrogens with zero attached hydrogens (tertiary/aromatic N) is 1. The molecular weight excluding hydrogens is 258 g/mol. The van der Waals surface area contributed by atoms with Crippen molar-refractivity contribution in [1.82, 2.24) is 0 Å². The minimum atomic E-state index is -0.999. The quantitative estimate of drug-likeness (QED) is 0.522. The minimum Gasteiger partial charge on any atom is -1.00 e. The Balaban J connectivity index is 0.00000196. The average molecular weight is 270 g/mol. The van der Waals surface area contributed by atoms with Crippen LogP contribution in [0.25, 0.3) is 0 Å². The number of carbonyl (C=O) groups excluding carboxylic acids is 1. The summed E-state index contributed by atoms with van der Waals surface area (Å²) in [5.41, 5.74) is 6.59. The second kappa shape index (κ2) is 6.16. The van der Waals surface area contributed by atoms with Gasteiger partial charge in [0.05, 0.1) is 0 Å². The highest BCUT2D eigenvalue weighted by molar-refractivity contribution is 6.53. The minimum absolute atomic E-state index is 0. The van der Waals surface area contributed by atoms with Crippen molar-refractivity contribution < 1.29 is 21.8 Å². The fourth-order valence-electron chi connectivity index (χ4n) is 1.11. The van der Waals surface area contributed by atoms with Crippen LogP contribution in [0.3, 0.4) is 0 Å².